The zero-order chi connectivity index (χ0) is 25.7. The number of piperazine rings is 1. The molecule has 0 spiro atoms. The van der Waals surface area contributed by atoms with Gasteiger partial charge in [-0.05, 0) is 19.2 Å². The summed E-state index contributed by atoms with van der Waals surface area (Å²) >= 11 is 12.3. The van der Waals surface area contributed by atoms with Crippen LogP contribution in [0.3, 0.4) is 0 Å². The number of nitrogens with zero attached hydrogens (tertiary/aromatic N) is 8. The van der Waals surface area contributed by atoms with Crippen LogP contribution in [0.25, 0.3) is 27.9 Å². The highest BCUT2D eigenvalue weighted by molar-refractivity contribution is 6.42. The van der Waals surface area contributed by atoms with Gasteiger partial charge in [-0.1, -0.05) is 23.2 Å². The standard InChI is InChI=1S/C23H22Cl2F2N10/c1-34-2-4-35(5-3-34)21-8-18(28-11-20-31-16-6-14(24)15(25)7-17(16)32-20)22-29-10-19(37(22)33-21)13-9-30-36(12-13)23(26)27/h6-10,12,23,28H,2-5,11H2,1H3,(H,31,32). The molecule has 0 atom stereocenters. The quantitative estimate of drug-likeness (QED) is 0.323. The van der Waals surface area contributed by atoms with Crippen molar-refractivity contribution in [2.75, 3.05) is 43.4 Å². The van der Waals surface area contributed by atoms with Crippen molar-refractivity contribution in [3.63, 3.8) is 0 Å². The summed E-state index contributed by atoms with van der Waals surface area (Å²) in [5.41, 5.74) is 3.83. The number of rotatable bonds is 6. The molecule has 37 heavy (non-hydrogen) atoms. The molecule has 192 valence electrons. The van der Waals surface area contributed by atoms with Crippen LogP contribution >= 0.6 is 23.2 Å². The first-order valence-electron chi connectivity index (χ1n) is 11.6. The lowest BCUT2D eigenvalue weighted by atomic mass is 10.3. The number of hydrogen-bond donors (Lipinski definition) is 2. The molecular weight excluding hydrogens is 525 g/mol. The Kier molecular flexibility index (Phi) is 6.09. The van der Waals surface area contributed by atoms with Crippen molar-refractivity contribution >= 4 is 51.4 Å². The molecule has 5 heterocycles. The Morgan fingerprint density at radius 3 is 2.62 bits per heavy atom. The summed E-state index contributed by atoms with van der Waals surface area (Å²) in [6.45, 7) is 1.08. The third kappa shape index (κ3) is 4.56. The van der Waals surface area contributed by atoms with Gasteiger partial charge >= 0.3 is 6.55 Å². The van der Waals surface area contributed by atoms with E-state index >= 15 is 0 Å². The Morgan fingerprint density at radius 2 is 1.86 bits per heavy atom. The molecule has 1 aromatic carbocycles. The average molecular weight is 547 g/mol. The molecule has 1 aliphatic heterocycles. The van der Waals surface area contributed by atoms with Gasteiger partial charge in [0.15, 0.2) is 11.5 Å². The van der Waals surface area contributed by atoms with E-state index in [1.807, 2.05) is 6.07 Å². The molecule has 0 aliphatic carbocycles. The zero-order valence-electron chi connectivity index (χ0n) is 19.7. The Hall–Kier alpha value is -3.48. The summed E-state index contributed by atoms with van der Waals surface area (Å²) < 4.78 is 28.6. The first kappa shape index (κ1) is 23.9. The number of likely N-dealkylation sites (N-methyl/N-ethyl adjacent to an activating group) is 1. The van der Waals surface area contributed by atoms with Crippen molar-refractivity contribution in [2.45, 2.75) is 13.1 Å². The summed E-state index contributed by atoms with van der Waals surface area (Å²) in [6.07, 6.45) is 4.28. The minimum Gasteiger partial charge on any atom is -0.375 e. The van der Waals surface area contributed by atoms with Crippen molar-refractivity contribution in [1.29, 1.82) is 0 Å². The van der Waals surface area contributed by atoms with Crippen LogP contribution in [0.15, 0.2) is 36.8 Å². The van der Waals surface area contributed by atoms with Crippen LogP contribution in [0, 0.1) is 0 Å². The summed E-state index contributed by atoms with van der Waals surface area (Å²) in [4.78, 5) is 16.9. The fraction of sp³-hybridized carbons (Fsp3) is 0.304. The highest BCUT2D eigenvalue weighted by Gasteiger charge is 2.21. The fourth-order valence-electron chi connectivity index (χ4n) is 4.37. The van der Waals surface area contributed by atoms with Gasteiger partial charge in [0, 0.05) is 44.0 Å². The third-order valence-electron chi connectivity index (χ3n) is 6.40. The molecule has 6 rings (SSSR count). The van der Waals surface area contributed by atoms with Gasteiger partial charge in [0.2, 0.25) is 0 Å². The molecule has 4 aromatic heterocycles. The molecule has 0 radical (unpaired) electrons. The van der Waals surface area contributed by atoms with Crippen molar-refractivity contribution in [3.8, 4) is 11.3 Å². The molecule has 1 fully saturated rings. The number of aromatic amines is 1. The van der Waals surface area contributed by atoms with Gasteiger partial charge in [0.05, 0.1) is 51.4 Å². The number of imidazole rings is 2. The van der Waals surface area contributed by atoms with Gasteiger partial charge in [-0.3, -0.25) is 0 Å². The van der Waals surface area contributed by atoms with E-state index in [0.29, 0.717) is 49.5 Å². The van der Waals surface area contributed by atoms with E-state index < -0.39 is 6.55 Å². The van der Waals surface area contributed by atoms with Crippen molar-refractivity contribution < 1.29 is 8.78 Å². The molecule has 0 saturated carbocycles. The van der Waals surface area contributed by atoms with Gasteiger partial charge in [0.25, 0.3) is 0 Å². The Morgan fingerprint density at radius 1 is 1.08 bits per heavy atom. The minimum absolute atomic E-state index is 0.372. The number of halogens is 4. The molecule has 2 N–H and O–H groups in total. The van der Waals surface area contributed by atoms with Crippen LogP contribution in [0.4, 0.5) is 20.3 Å². The van der Waals surface area contributed by atoms with E-state index in [4.69, 9.17) is 28.3 Å². The van der Waals surface area contributed by atoms with Gasteiger partial charge in [0.1, 0.15) is 5.82 Å². The lowest BCUT2D eigenvalue weighted by Crippen LogP contribution is -2.45. The normalized spacial score (nSPS) is 14.9. The summed E-state index contributed by atoms with van der Waals surface area (Å²) in [5.74, 6) is 1.45. The van der Waals surface area contributed by atoms with Crippen molar-refractivity contribution in [1.82, 2.24) is 39.2 Å². The maximum Gasteiger partial charge on any atom is 0.333 e. The second-order valence-corrected chi connectivity index (χ2v) is 9.71. The first-order valence-corrected chi connectivity index (χ1v) is 12.3. The Balaban J connectivity index is 1.37. The summed E-state index contributed by atoms with van der Waals surface area (Å²) in [5, 5.41) is 12.9. The highest BCUT2D eigenvalue weighted by Crippen LogP contribution is 2.29. The molecule has 14 heteroatoms. The van der Waals surface area contributed by atoms with Crippen LogP contribution in [0.1, 0.15) is 12.4 Å². The van der Waals surface area contributed by atoms with E-state index in [-0.39, 0.29) is 0 Å². The molecule has 0 unspecified atom stereocenters. The van der Waals surface area contributed by atoms with Gasteiger partial charge in [-0.15, -0.1) is 5.10 Å². The molecule has 1 saturated heterocycles. The monoisotopic (exact) mass is 546 g/mol. The zero-order valence-corrected chi connectivity index (χ0v) is 21.2. The van der Waals surface area contributed by atoms with E-state index in [0.717, 1.165) is 43.2 Å². The molecule has 10 nitrogen and oxygen atoms in total. The second kappa shape index (κ2) is 9.43. The van der Waals surface area contributed by atoms with Crippen molar-refractivity contribution in [2.24, 2.45) is 0 Å². The Bertz CT molecular complexity index is 1550. The number of H-pyrrole nitrogens is 1. The predicted molar refractivity (Wildman–Crippen MR) is 139 cm³/mol. The topological polar surface area (TPSA) is 95.2 Å². The maximum atomic E-state index is 13.1. The predicted octanol–water partition coefficient (Wildman–Crippen LogP) is 4.53. The smallest absolute Gasteiger partial charge is 0.333 e. The molecule has 0 bridgehead atoms. The third-order valence-corrected chi connectivity index (χ3v) is 7.12. The second-order valence-electron chi connectivity index (χ2n) is 8.89. The average Bonchev–Trinajstić information content (AvgIpc) is 3.61. The van der Waals surface area contributed by atoms with Gasteiger partial charge in [-0.25, -0.2) is 19.2 Å². The van der Waals surface area contributed by atoms with Gasteiger partial charge < -0.3 is 20.1 Å². The Labute approximate surface area is 219 Å². The number of anilines is 2. The number of hydrogen-bond acceptors (Lipinski definition) is 7. The molecule has 0 amide bonds. The van der Waals surface area contributed by atoms with Crippen LogP contribution < -0.4 is 10.2 Å². The van der Waals surface area contributed by atoms with Crippen molar-refractivity contribution in [3.05, 3.63) is 52.7 Å². The van der Waals surface area contributed by atoms with E-state index in [2.05, 4.69) is 42.2 Å². The number of alkyl halides is 2. The minimum atomic E-state index is -2.73. The van der Waals surface area contributed by atoms with Crippen LogP contribution in [-0.4, -0.2) is 72.5 Å². The fourth-order valence-corrected chi connectivity index (χ4v) is 4.69. The maximum absolute atomic E-state index is 13.1. The number of aromatic nitrogens is 7. The largest absolute Gasteiger partial charge is 0.375 e. The van der Waals surface area contributed by atoms with E-state index in [1.54, 1.807) is 22.8 Å². The van der Waals surface area contributed by atoms with Crippen LogP contribution in [-0.2, 0) is 6.54 Å². The highest BCUT2D eigenvalue weighted by atomic mass is 35.5. The number of nitrogens with one attached hydrogen (secondary N) is 2. The number of fused-ring (bicyclic) bond motifs is 2. The number of benzene rings is 1. The van der Waals surface area contributed by atoms with Gasteiger partial charge in [-0.2, -0.15) is 13.9 Å². The van der Waals surface area contributed by atoms with Crippen LogP contribution in [0.5, 0.6) is 0 Å². The summed E-state index contributed by atoms with van der Waals surface area (Å²) in [6, 6.07) is 5.42. The van der Waals surface area contributed by atoms with E-state index in [9.17, 15) is 8.78 Å². The summed E-state index contributed by atoms with van der Waals surface area (Å²) in [7, 11) is 2.09. The SMILES string of the molecule is CN1CCN(c2cc(NCc3nc4cc(Cl)c(Cl)cc4[nH]3)c3ncc(-c4cnn(C(F)F)c4)n3n2)CC1. The molecule has 5 aromatic rings. The van der Waals surface area contributed by atoms with Crippen LogP contribution in [0.2, 0.25) is 10.0 Å². The lowest BCUT2D eigenvalue weighted by molar-refractivity contribution is 0.0566. The first-order chi connectivity index (χ1) is 17.9. The molecular formula is C23H22Cl2F2N10. The molecule has 1 aliphatic rings. The van der Waals surface area contributed by atoms with E-state index in [1.165, 1.54) is 12.4 Å². The lowest BCUT2D eigenvalue weighted by Gasteiger charge is -2.33.